The summed E-state index contributed by atoms with van der Waals surface area (Å²) in [7, 11) is -2.16. The average Bonchev–Trinajstić information content (AvgIpc) is 2.35. The van der Waals surface area contributed by atoms with Crippen molar-refractivity contribution in [3.05, 3.63) is 23.2 Å². The average molecular weight is 307 g/mol. The molecule has 0 fully saturated rings. The van der Waals surface area contributed by atoms with Gasteiger partial charge in [0.1, 0.15) is 5.75 Å². The number of hydrogen-bond donors (Lipinski definition) is 2. The third-order valence-corrected chi connectivity index (χ3v) is 4.58. The van der Waals surface area contributed by atoms with Crippen molar-refractivity contribution in [1.82, 2.24) is 4.72 Å². The van der Waals surface area contributed by atoms with E-state index in [1.54, 1.807) is 0 Å². The van der Waals surface area contributed by atoms with Crippen LogP contribution in [0.25, 0.3) is 0 Å². The van der Waals surface area contributed by atoms with Gasteiger partial charge in [-0.05, 0) is 24.1 Å². The van der Waals surface area contributed by atoms with E-state index in [9.17, 15) is 8.42 Å². The van der Waals surface area contributed by atoms with Crippen LogP contribution < -0.4 is 15.2 Å². The summed E-state index contributed by atoms with van der Waals surface area (Å²) in [6, 6.07) is 4.01. The van der Waals surface area contributed by atoms with Crippen LogP contribution in [0.15, 0.2) is 23.1 Å². The topological polar surface area (TPSA) is 81.4 Å². The van der Waals surface area contributed by atoms with E-state index in [4.69, 9.17) is 22.1 Å². The van der Waals surface area contributed by atoms with E-state index in [0.29, 0.717) is 5.75 Å². The minimum atomic E-state index is -3.63. The first-order valence-electron chi connectivity index (χ1n) is 5.87. The fraction of sp³-hybridized carbons (Fsp3) is 0.500. The number of benzene rings is 1. The van der Waals surface area contributed by atoms with Crippen molar-refractivity contribution in [3.8, 4) is 5.75 Å². The molecule has 5 nitrogen and oxygen atoms in total. The minimum absolute atomic E-state index is 0.0948. The van der Waals surface area contributed by atoms with Crippen LogP contribution in [0, 0.1) is 5.92 Å². The Kier molecular flexibility index (Phi) is 5.61. The summed E-state index contributed by atoms with van der Waals surface area (Å²) >= 11 is 5.93. The molecule has 0 saturated heterocycles. The third kappa shape index (κ3) is 4.07. The third-order valence-electron chi connectivity index (χ3n) is 2.80. The quantitative estimate of drug-likeness (QED) is 0.836. The molecule has 0 saturated carbocycles. The Labute approximate surface area is 119 Å². The highest BCUT2D eigenvalue weighted by atomic mass is 35.5. The number of rotatable bonds is 6. The smallest absolute Gasteiger partial charge is 0.240 e. The fourth-order valence-electron chi connectivity index (χ4n) is 1.54. The van der Waals surface area contributed by atoms with Crippen molar-refractivity contribution < 1.29 is 13.2 Å². The Balaban J connectivity index is 3.03. The van der Waals surface area contributed by atoms with E-state index in [1.165, 1.54) is 25.3 Å². The van der Waals surface area contributed by atoms with Gasteiger partial charge in [-0.3, -0.25) is 0 Å². The van der Waals surface area contributed by atoms with E-state index in [-0.39, 0.29) is 28.4 Å². The molecule has 0 radical (unpaired) electrons. The van der Waals surface area contributed by atoms with Crippen LogP contribution in [0.1, 0.15) is 13.8 Å². The van der Waals surface area contributed by atoms with Crippen molar-refractivity contribution in [2.75, 3.05) is 13.7 Å². The van der Waals surface area contributed by atoms with E-state index < -0.39 is 10.0 Å². The molecule has 0 heterocycles. The largest absolute Gasteiger partial charge is 0.495 e. The number of methoxy groups -OCH3 is 1. The summed E-state index contributed by atoms with van der Waals surface area (Å²) in [6.45, 7) is 4.04. The van der Waals surface area contributed by atoms with E-state index >= 15 is 0 Å². The molecule has 1 atom stereocenters. The second kappa shape index (κ2) is 6.56. The van der Waals surface area contributed by atoms with Crippen molar-refractivity contribution in [2.45, 2.75) is 24.8 Å². The summed E-state index contributed by atoms with van der Waals surface area (Å²) in [5.74, 6) is 0.536. The molecule has 1 rings (SSSR count). The molecule has 0 aliphatic heterocycles. The van der Waals surface area contributed by atoms with Gasteiger partial charge >= 0.3 is 0 Å². The van der Waals surface area contributed by atoms with Crippen LogP contribution in [0.2, 0.25) is 5.02 Å². The number of nitrogens with two attached hydrogens (primary N) is 1. The van der Waals surface area contributed by atoms with E-state index in [0.717, 1.165) is 0 Å². The second-order valence-corrected chi connectivity index (χ2v) is 6.63. The highest BCUT2D eigenvalue weighted by molar-refractivity contribution is 7.89. The number of nitrogens with one attached hydrogen (secondary N) is 1. The minimum Gasteiger partial charge on any atom is -0.495 e. The Bertz CT molecular complexity index is 532. The predicted octanol–water partition coefficient (Wildman–Crippen LogP) is 1.61. The van der Waals surface area contributed by atoms with Gasteiger partial charge in [0.2, 0.25) is 10.0 Å². The first-order chi connectivity index (χ1) is 8.81. The lowest BCUT2D eigenvalue weighted by Gasteiger charge is -2.20. The summed E-state index contributed by atoms with van der Waals surface area (Å²) in [4.78, 5) is 0.0948. The van der Waals surface area contributed by atoms with Gasteiger partial charge in [0.15, 0.2) is 0 Å². The lowest BCUT2D eigenvalue weighted by molar-refractivity contribution is 0.414. The van der Waals surface area contributed by atoms with Crippen LogP contribution in [0.5, 0.6) is 5.75 Å². The molecule has 3 N–H and O–H groups in total. The number of ether oxygens (including phenoxy) is 1. The summed E-state index contributed by atoms with van der Waals surface area (Å²) in [5.41, 5.74) is 5.56. The highest BCUT2D eigenvalue weighted by Crippen LogP contribution is 2.27. The molecule has 1 unspecified atom stereocenters. The van der Waals surface area contributed by atoms with E-state index in [2.05, 4.69) is 4.72 Å². The normalized spacial score (nSPS) is 13.6. The van der Waals surface area contributed by atoms with Crippen LogP contribution in [-0.4, -0.2) is 28.1 Å². The second-order valence-electron chi connectivity index (χ2n) is 4.50. The van der Waals surface area contributed by atoms with Gasteiger partial charge in [0.05, 0.1) is 17.0 Å². The molecule has 0 spiro atoms. The lowest BCUT2D eigenvalue weighted by atomic mass is 10.1. The molecule has 1 aromatic carbocycles. The maximum atomic E-state index is 12.2. The molecule has 0 aliphatic rings. The van der Waals surface area contributed by atoms with Gasteiger partial charge < -0.3 is 10.5 Å². The zero-order valence-corrected chi connectivity index (χ0v) is 12.8. The summed E-state index contributed by atoms with van der Waals surface area (Å²) in [5, 5.41) is 0.249. The number of hydrogen-bond acceptors (Lipinski definition) is 4. The van der Waals surface area contributed by atoms with Crippen LogP contribution in [0.3, 0.4) is 0 Å². The van der Waals surface area contributed by atoms with Gasteiger partial charge in [0.25, 0.3) is 0 Å². The predicted molar refractivity (Wildman–Crippen MR) is 76.0 cm³/mol. The molecule has 19 heavy (non-hydrogen) atoms. The Morgan fingerprint density at radius 1 is 1.42 bits per heavy atom. The zero-order chi connectivity index (χ0) is 14.6. The van der Waals surface area contributed by atoms with Crippen molar-refractivity contribution in [1.29, 1.82) is 0 Å². The Hall–Kier alpha value is -0.820. The van der Waals surface area contributed by atoms with Crippen molar-refractivity contribution in [2.24, 2.45) is 11.7 Å². The molecule has 0 amide bonds. The molecule has 0 aromatic heterocycles. The summed E-state index contributed by atoms with van der Waals surface area (Å²) < 4.78 is 31.9. The molecular formula is C12H19ClN2O3S. The SMILES string of the molecule is COc1ccc(S(=O)(=O)NC(CN)C(C)C)cc1Cl. The molecule has 0 aliphatic carbocycles. The van der Waals surface area contributed by atoms with Crippen LogP contribution in [0.4, 0.5) is 0 Å². The van der Waals surface area contributed by atoms with Gasteiger partial charge in [-0.15, -0.1) is 0 Å². The molecule has 7 heteroatoms. The molecule has 108 valence electrons. The zero-order valence-electron chi connectivity index (χ0n) is 11.2. The van der Waals surface area contributed by atoms with Gasteiger partial charge in [-0.25, -0.2) is 13.1 Å². The Morgan fingerprint density at radius 3 is 2.47 bits per heavy atom. The molecular weight excluding hydrogens is 288 g/mol. The molecule has 1 aromatic rings. The van der Waals surface area contributed by atoms with Crippen LogP contribution in [-0.2, 0) is 10.0 Å². The first kappa shape index (κ1) is 16.2. The van der Waals surface area contributed by atoms with Gasteiger partial charge in [-0.1, -0.05) is 25.4 Å². The maximum Gasteiger partial charge on any atom is 0.240 e. The first-order valence-corrected chi connectivity index (χ1v) is 7.74. The maximum absolute atomic E-state index is 12.2. The Morgan fingerprint density at radius 2 is 2.05 bits per heavy atom. The van der Waals surface area contributed by atoms with Crippen molar-refractivity contribution >= 4 is 21.6 Å². The molecule has 0 bridgehead atoms. The fourth-order valence-corrected chi connectivity index (χ4v) is 3.28. The van der Waals surface area contributed by atoms with Crippen LogP contribution >= 0.6 is 11.6 Å². The number of sulfonamides is 1. The number of halogens is 1. The lowest BCUT2D eigenvalue weighted by Crippen LogP contribution is -2.43. The van der Waals surface area contributed by atoms with E-state index in [1.807, 2.05) is 13.8 Å². The summed E-state index contributed by atoms with van der Waals surface area (Å²) in [6.07, 6.45) is 0. The highest BCUT2D eigenvalue weighted by Gasteiger charge is 2.22. The van der Waals surface area contributed by atoms with Gasteiger partial charge in [-0.2, -0.15) is 0 Å². The van der Waals surface area contributed by atoms with Gasteiger partial charge in [0, 0.05) is 12.6 Å². The van der Waals surface area contributed by atoms with Crippen molar-refractivity contribution in [3.63, 3.8) is 0 Å². The standard InChI is InChI=1S/C12H19ClN2O3S/c1-8(2)11(7-14)15-19(16,17)9-4-5-12(18-3)10(13)6-9/h4-6,8,11,15H,7,14H2,1-3H3. The monoisotopic (exact) mass is 306 g/mol.